The zero-order valence-electron chi connectivity index (χ0n) is 20.9. The molecule has 3 aromatic carbocycles. The van der Waals surface area contributed by atoms with Crippen LogP contribution < -0.4 is 15.7 Å². The Morgan fingerprint density at radius 1 is 0.892 bits per heavy atom. The van der Waals surface area contributed by atoms with E-state index in [1.807, 2.05) is 42.5 Å². The molecule has 0 radical (unpaired) electrons. The molecule has 0 unspecified atom stereocenters. The summed E-state index contributed by atoms with van der Waals surface area (Å²) in [6.07, 6.45) is 0.389. The van der Waals surface area contributed by atoms with Gasteiger partial charge in [-0.2, -0.15) is 0 Å². The van der Waals surface area contributed by atoms with Crippen LogP contribution >= 0.6 is 0 Å². The molecule has 7 nitrogen and oxygen atoms in total. The molecule has 0 aliphatic carbocycles. The summed E-state index contributed by atoms with van der Waals surface area (Å²) in [5.74, 6) is -0.464. The van der Waals surface area contributed by atoms with Crippen molar-refractivity contribution in [2.45, 2.75) is 25.7 Å². The van der Waals surface area contributed by atoms with Crippen LogP contribution in [0.4, 0.5) is 0 Å². The average molecular weight is 500 g/mol. The Kier molecular flexibility index (Phi) is 8.03. The highest BCUT2D eigenvalue weighted by Crippen LogP contribution is 2.32. The fraction of sp³-hybridized carbons (Fsp3) is 0.233. The van der Waals surface area contributed by atoms with E-state index < -0.39 is 17.5 Å². The topological polar surface area (TPSA) is 94.8 Å². The Hall–Kier alpha value is -4.39. The lowest BCUT2D eigenvalue weighted by atomic mass is 9.78. The average Bonchev–Trinajstić information content (AvgIpc) is 2.92. The second kappa shape index (κ2) is 11.6. The zero-order chi connectivity index (χ0) is 26.3. The van der Waals surface area contributed by atoms with Gasteiger partial charge in [-0.15, -0.1) is 0 Å². The summed E-state index contributed by atoms with van der Waals surface area (Å²) in [5.41, 5.74) is 1.84. The molecule has 0 spiro atoms. The lowest BCUT2D eigenvalue weighted by Gasteiger charge is -2.26. The summed E-state index contributed by atoms with van der Waals surface area (Å²) in [7, 11) is 0. The monoisotopic (exact) mass is 499 g/mol. The summed E-state index contributed by atoms with van der Waals surface area (Å²) >= 11 is 0. The minimum Gasteiger partial charge on any atom is -0.482 e. The number of carbonyl (C=O) groups excluding carboxylic acids is 2. The van der Waals surface area contributed by atoms with Crippen molar-refractivity contribution in [1.29, 1.82) is 0 Å². The molecule has 0 bridgehead atoms. The predicted octanol–water partition coefficient (Wildman–Crippen LogP) is 4.86. The van der Waals surface area contributed by atoms with Crippen LogP contribution in [0.3, 0.4) is 0 Å². The van der Waals surface area contributed by atoms with Gasteiger partial charge in [-0.3, -0.25) is 4.79 Å². The van der Waals surface area contributed by atoms with Gasteiger partial charge in [0.15, 0.2) is 6.61 Å². The third-order valence-electron chi connectivity index (χ3n) is 6.18. The maximum atomic E-state index is 12.3. The van der Waals surface area contributed by atoms with Gasteiger partial charge in [0.05, 0.1) is 6.61 Å². The van der Waals surface area contributed by atoms with E-state index in [9.17, 15) is 14.4 Å². The van der Waals surface area contributed by atoms with Crippen LogP contribution in [0, 0.1) is 0 Å². The fourth-order valence-electron chi connectivity index (χ4n) is 3.95. The normalized spacial score (nSPS) is 11.2. The summed E-state index contributed by atoms with van der Waals surface area (Å²) in [6, 6.07) is 26.4. The van der Waals surface area contributed by atoms with E-state index in [0.717, 1.165) is 5.56 Å². The first-order valence-corrected chi connectivity index (χ1v) is 12.1. The quantitative estimate of drug-likeness (QED) is 0.190. The van der Waals surface area contributed by atoms with Crippen LogP contribution in [0.25, 0.3) is 11.0 Å². The molecule has 190 valence electrons. The van der Waals surface area contributed by atoms with E-state index in [1.54, 1.807) is 24.3 Å². The van der Waals surface area contributed by atoms with Gasteiger partial charge >= 0.3 is 11.6 Å². The first kappa shape index (κ1) is 25.7. The molecule has 4 rings (SSSR count). The van der Waals surface area contributed by atoms with Gasteiger partial charge in [-0.05, 0) is 41.8 Å². The van der Waals surface area contributed by atoms with Crippen molar-refractivity contribution in [3.05, 3.63) is 112 Å². The molecule has 1 aromatic heterocycles. The van der Waals surface area contributed by atoms with Crippen LogP contribution in [0.2, 0.25) is 0 Å². The summed E-state index contributed by atoms with van der Waals surface area (Å²) in [4.78, 5) is 36.4. The summed E-state index contributed by atoms with van der Waals surface area (Å²) in [5, 5.41) is 3.31. The second-order valence-electron chi connectivity index (χ2n) is 9.12. The van der Waals surface area contributed by atoms with Crippen molar-refractivity contribution in [3.63, 3.8) is 0 Å². The van der Waals surface area contributed by atoms with E-state index in [0.29, 0.717) is 23.1 Å². The molecular weight excluding hydrogens is 470 g/mol. The molecule has 1 heterocycles. The summed E-state index contributed by atoms with van der Waals surface area (Å²) in [6.45, 7) is 4.45. The highest BCUT2D eigenvalue weighted by Gasteiger charge is 2.22. The maximum Gasteiger partial charge on any atom is 0.349 e. The predicted molar refractivity (Wildman–Crippen MR) is 141 cm³/mol. The SMILES string of the molecule is CC(C)(c1ccccc1)c1ccc(OCC(=O)OCCCNC(=O)c2cc3ccccc3oc2=O)cc1. The third-order valence-corrected chi connectivity index (χ3v) is 6.18. The fourth-order valence-corrected chi connectivity index (χ4v) is 3.95. The Labute approximate surface area is 215 Å². The number of carbonyl (C=O) groups is 2. The van der Waals surface area contributed by atoms with Crippen LogP contribution in [0.5, 0.6) is 5.75 Å². The molecule has 4 aromatic rings. The van der Waals surface area contributed by atoms with E-state index in [4.69, 9.17) is 13.9 Å². The number of nitrogens with one attached hydrogen (secondary N) is 1. The molecule has 7 heteroatoms. The van der Waals surface area contributed by atoms with Crippen LogP contribution in [-0.2, 0) is 14.9 Å². The maximum absolute atomic E-state index is 12.3. The molecule has 37 heavy (non-hydrogen) atoms. The molecule has 0 aliphatic heterocycles. The number of rotatable bonds is 10. The highest BCUT2D eigenvalue weighted by atomic mass is 16.6. The second-order valence-corrected chi connectivity index (χ2v) is 9.12. The summed E-state index contributed by atoms with van der Waals surface area (Å²) < 4.78 is 15.9. The van der Waals surface area contributed by atoms with E-state index >= 15 is 0 Å². The third kappa shape index (κ3) is 6.44. The van der Waals surface area contributed by atoms with Crippen molar-refractivity contribution < 1.29 is 23.5 Å². The van der Waals surface area contributed by atoms with E-state index in [2.05, 4.69) is 31.3 Å². The van der Waals surface area contributed by atoms with Crippen LogP contribution in [0.1, 0.15) is 41.8 Å². The minimum atomic E-state index is -0.698. The standard InChI is InChI=1S/C30H29NO6/c1-30(2,22-10-4-3-5-11-22)23-13-15-24(16-14-23)36-20-27(32)35-18-8-17-31-28(33)25-19-21-9-6-7-12-26(21)37-29(25)34/h3-7,9-16,19H,8,17-18,20H2,1-2H3,(H,31,33). The number of esters is 1. The number of amides is 1. The Morgan fingerprint density at radius 3 is 2.32 bits per heavy atom. The molecule has 1 N–H and O–H groups in total. The largest absolute Gasteiger partial charge is 0.482 e. The Morgan fingerprint density at radius 2 is 1.57 bits per heavy atom. The highest BCUT2D eigenvalue weighted by molar-refractivity contribution is 5.96. The van der Waals surface area contributed by atoms with Crippen molar-refractivity contribution >= 4 is 22.8 Å². The van der Waals surface area contributed by atoms with Gasteiger partial charge in [-0.1, -0.05) is 74.5 Å². The van der Waals surface area contributed by atoms with Crippen molar-refractivity contribution in [2.24, 2.45) is 0 Å². The van der Waals surface area contributed by atoms with Gasteiger partial charge in [0, 0.05) is 17.3 Å². The molecule has 0 saturated carbocycles. The molecule has 1 amide bonds. The number of benzene rings is 3. The van der Waals surface area contributed by atoms with Crippen molar-refractivity contribution in [2.75, 3.05) is 19.8 Å². The number of hydrogen-bond donors (Lipinski definition) is 1. The van der Waals surface area contributed by atoms with Crippen LogP contribution in [0.15, 0.2) is 94.1 Å². The molecule has 0 atom stereocenters. The number of hydrogen-bond acceptors (Lipinski definition) is 6. The van der Waals surface area contributed by atoms with Gasteiger partial charge in [-0.25, -0.2) is 9.59 Å². The smallest absolute Gasteiger partial charge is 0.349 e. The molecule has 0 aliphatic rings. The van der Waals surface area contributed by atoms with Crippen molar-refractivity contribution in [3.8, 4) is 5.75 Å². The zero-order valence-corrected chi connectivity index (χ0v) is 20.9. The van der Waals surface area contributed by atoms with Crippen molar-refractivity contribution in [1.82, 2.24) is 5.32 Å². The van der Waals surface area contributed by atoms with Gasteiger partial charge in [0.1, 0.15) is 16.9 Å². The molecule has 0 saturated heterocycles. The lowest BCUT2D eigenvalue weighted by molar-refractivity contribution is -0.146. The first-order chi connectivity index (χ1) is 17.8. The first-order valence-electron chi connectivity index (χ1n) is 12.1. The molecular formula is C30H29NO6. The Bertz CT molecular complexity index is 1420. The van der Waals surface area contributed by atoms with Gasteiger partial charge in [0.2, 0.25) is 0 Å². The number of ether oxygens (including phenoxy) is 2. The van der Waals surface area contributed by atoms with Gasteiger partial charge < -0.3 is 19.2 Å². The Balaban J connectivity index is 1.18. The van der Waals surface area contributed by atoms with Crippen LogP contribution in [-0.4, -0.2) is 31.6 Å². The van der Waals surface area contributed by atoms with Gasteiger partial charge in [0.25, 0.3) is 5.91 Å². The van der Waals surface area contributed by atoms with E-state index in [1.165, 1.54) is 11.6 Å². The van der Waals surface area contributed by atoms with E-state index in [-0.39, 0.29) is 30.7 Å². The molecule has 0 fully saturated rings. The number of fused-ring (bicyclic) bond motifs is 1. The number of para-hydroxylation sites is 1. The minimum absolute atomic E-state index is 0.0673. The lowest BCUT2D eigenvalue weighted by Crippen LogP contribution is -2.29.